The van der Waals surface area contributed by atoms with Crippen LogP contribution in [0.2, 0.25) is 0 Å². The van der Waals surface area contributed by atoms with E-state index in [1.54, 1.807) is 0 Å². The number of carbonyl (C=O) groups excluding carboxylic acids is 1. The van der Waals surface area contributed by atoms with Crippen LogP contribution in [0.25, 0.3) is 11.1 Å². The summed E-state index contributed by atoms with van der Waals surface area (Å²) >= 11 is 0. The van der Waals surface area contributed by atoms with Crippen LogP contribution in [0.3, 0.4) is 0 Å². The topological polar surface area (TPSA) is 56.1 Å². The predicted molar refractivity (Wildman–Crippen MR) is 96.2 cm³/mol. The van der Waals surface area contributed by atoms with E-state index in [0.29, 0.717) is 18.7 Å². The lowest BCUT2D eigenvalue weighted by atomic mass is 9.99. The molecule has 0 bridgehead atoms. The van der Waals surface area contributed by atoms with Crippen LogP contribution in [0.1, 0.15) is 25.0 Å². The first kappa shape index (κ1) is 17.7. The molecule has 1 amide bonds. The Morgan fingerprint density at radius 1 is 1.12 bits per heavy atom. The molecule has 0 atom stereocenters. The molecule has 0 unspecified atom stereocenters. The Hall–Kier alpha value is -2.64. The Kier molecular flexibility index (Phi) is 6.53. The summed E-state index contributed by atoms with van der Waals surface area (Å²) in [5, 5.41) is 12.0. The number of carbonyl (C=O) groups is 1. The lowest BCUT2D eigenvalue weighted by Crippen LogP contribution is -2.36. The van der Waals surface area contributed by atoms with Crippen molar-refractivity contribution in [2.24, 2.45) is 0 Å². The molecule has 0 aliphatic carbocycles. The Morgan fingerprint density at radius 3 is 2.46 bits per heavy atom. The highest BCUT2D eigenvalue weighted by molar-refractivity contribution is 5.78. The molecule has 0 spiro atoms. The summed E-state index contributed by atoms with van der Waals surface area (Å²) in [7, 11) is 0. The van der Waals surface area contributed by atoms with Gasteiger partial charge in [0.15, 0.2) is 0 Å². The van der Waals surface area contributed by atoms with Gasteiger partial charge in [-0.2, -0.15) is 5.26 Å². The fourth-order valence-electron chi connectivity index (χ4n) is 2.62. The Labute approximate surface area is 143 Å². The lowest BCUT2D eigenvalue weighted by Gasteiger charge is -2.20. The smallest absolute Gasteiger partial charge is 0.234 e. The van der Waals surface area contributed by atoms with Crippen molar-refractivity contribution in [3.63, 3.8) is 0 Å². The van der Waals surface area contributed by atoms with Crippen molar-refractivity contribution in [3.05, 3.63) is 59.7 Å². The number of nitriles is 1. The summed E-state index contributed by atoms with van der Waals surface area (Å²) in [5.41, 5.74) is 3.81. The van der Waals surface area contributed by atoms with E-state index in [1.165, 1.54) is 0 Å². The standard InChI is InChI=1S/C20H23N3O/c1-3-22-20(24)15-23(4-2)14-16-9-11-17(12-10-16)19-8-6-5-7-18(19)13-21/h5-12H,3-4,14-15H2,1-2H3,(H,22,24). The van der Waals surface area contributed by atoms with Gasteiger partial charge in [-0.15, -0.1) is 0 Å². The molecule has 0 fully saturated rings. The number of hydrogen-bond acceptors (Lipinski definition) is 3. The maximum atomic E-state index is 11.7. The van der Waals surface area contributed by atoms with E-state index >= 15 is 0 Å². The van der Waals surface area contributed by atoms with Crippen molar-refractivity contribution >= 4 is 5.91 Å². The van der Waals surface area contributed by atoms with E-state index in [4.69, 9.17) is 0 Å². The highest BCUT2D eigenvalue weighted by Gasteiger charge is 2.09. The quantitative estimate of drug-likeness (QED) is 0.852. The van der Waals surface area contributed by atoms with Crippen LogP contribution in [0.15, 0.2) is 48.5 Å². The molecule has 0 heterocycles. The molecule has 4 nitrogen and oxygen atoms in total. The van der Waals surface area contributed by atoms with Gasteiger partial charge in [0.2, 0.25) is 5.91 Å². The van der Waals surface area contributed by atoms with Crippen LogP contribution in [0.4, 0.5) is 0 Å². The molecule has 4 heteroatoms. The molecule has 2 aromatic rings. The molecule has 2 aromatic carbocycles. The summed E-state index contributed by atoms with van der Waals surface area (Å²) < 4.78 is 0. The normalized spacial score (nSPS) is 10.4. The first-order valence-electron chi connectivity index (χ1n) is 8.25. The molecule has 0 aliphatic heterocycles. The average molecular weight is 321 g/mol. The summed E-state index contributed by atoms with van der Waals surface area (Å²) in [4.78, 5) is 13.8. The lowest BCUT2D eigenvalue weighted by molar-refractivity contribution is -0.122. The molecule has 0 radical (unpaired) electrons. The molecule has 0 saturated carbocycles. The van der Waals surface area contributed by atoms with Crippen LogP contribution in [-0.4, -0.2) is 30.4 Å². The first-order chi connectivity index (χ1) is 11.7. The van der Waals surface area contributed by atoms with Gasteiger partial charge in [-0.1, -0.05) is 49.4 Å². The van der Waals surface area contributed by atoms with Gasteiger partial charge in [0.25, 0.3) is 0 Å². The molecule has 1 N–H and O–H groups in total. The number of benzene rings is 2. The molecule has 0 aliphatic rings. The highest BCUT2D eigenvalue weighted by atomic mass is 16.2. The summed E-state index contributed by atoms with van der Waals surface area (Å²) in [6.45, 7) is 6.58. The van der Waals surface area contributed by atoms with Crippen molar-refractivity contribution < 1.29 is 4.79 Å². The molecule has 0 saturated heterocycles. The summed E-state index contributed by atoms with van der Waals surface area (Å²) in [5.74, 6) is 0.0546. The Bertz CT molecular complexity index is 716. The fourth-order valence-corrected chi connectivity index (χ4v) is 2.62. The van der Waals surface area contributed by atoms with Crippen LogP contribution >= 0.6 is 0 Å². The number of likely N-dealkylation sites (N-methyl/N-ethyl adjacent to an activating group) is 2. The SMILES string of the molecule is CCNC(=O)CN(CC)Cc1ccc(-c2ccccc2C#N)cc1. The van der Waals surface area contributed by atoms with Crippen LogP contribution in [0, 0.1) is 11.3 Å². The van der Waals surface area contributed by atoms with Gasteiger partial charge in [0.05, 0.1) is 18.2 Å². The maximum absolute atomic E-state index is 11.7. The number of rotatable bonds is 7. The molecule has 24 heavy (non-hydrogen) atoms. The van der Waals surface area contributed by atoms with Gasteiger partial charge in [-0.3, -0.25) is 9.69 Å². The van der Waals surface area contributed by atoms with E-state index in [-0.39, 0.29) is 5.91 Å². The van der Waals surface area contributed by atoms with E-state index in [9.17, 15) is 10.1 Å². The monoisotopic (exact) mass is 321 g/mol. The predicted octanol–water partition coefficient (Wildman–Crippen LogP) is 3.18. The van der Waals surface area contributed by atoms with Gasteiger partial charge in [0.1, 0.15) is 0 Å². The number of amides is 1. The Balaban J connectivity index is 2.09. The van der Waals surface area contributed by atoms with Gasteiger partial charge >= 0.3 is 0 Å². The average Bonchev–Trinajstić information content (AvgIpc) is 2.62. The van der Waals surface area contributed by atoms with E-state index in [0.717, 1.165) is 29.8 Å². The van der Waals surface area contributed by atoms with Crippen molar-refractivity contribution in [2.45, 2.75) is 20.4 Å². The Morgan fingerprint density at radius 2 is 1.83 bits per heavy atom. The van der Waals surface area contributed by atoms with Crippen molar-refractivity contribution in [1.29, 1.82) is 5.26 Å². The molecule has 0 aromatic heterocycles. The minimum atomic E-state index is 0.0546. The zero-order chi connectivity index (χ0) is 17.4. The van der Waals surface area contributed by atoms with Crippen LogP contribution < -0.4 is 5.32 Å². The molecular weight excluding hydrogens is 298 g/mol. The second kappa shape index (κ2) is 8.85. The van der Waals surface area contributed by atoms with E-state index in [2.05, 4.69) is 35.3 Å². The first-order valence-corrected chi connectivity index (χ1v) is 8.25. The third kappa shape index (κ3) is 4.68. The van der Waals surface area contributed by atoms with Crippen LogP contribution in [-0.2, 0) is 11.3 Å². The van der Waals surface area contributed by atoms with Crippen molar-refractivity contribution in [2.75, 3.05) is 19.6 Å². The van der Waals surface area contributed by atoms with Gasteiger partial charge in [-0.05, 0) is 36.2 Å². The third-order valence-corrected chi connectivity index (χ3v) is 3.91. The molecule has 124 valence electrons. The molecule has 2 rings (SSSR count). The summed E-state index contributed by atoms with van der Waals surface area (Å²) in [6, 6.07) is 18.0. The van der Waals surface area contributed by atoms with Crippen molar-refractivity contribution in [1.82, 2.24) is 10.2 Å². The number of hydrogen-bond donors (Lipinski definition) is 1. The van der Waals surface area contributed by atoms with Gasteiger partial charge in [-0.25, -0.2) is 0 Å². The minimum Gasteiger partial charge on any atom is -0.355 e. The van der Waals surface area contributed by atoms with E-state index in [1.807, 2.05) is 43.3 Å². The molecular formula is C20H23N3O. The third-order valence-electron chi connectivity index (χ3n) is 3.91. The zero-order valence-corrected chi connectivity index (χ0v) is 14.2. The maximum Gasteiger partial charge on any atom is 0.234 e. The van der Waals surface area contributed by atoms with E-state index < -0.39 is 0 Å². The van der Waals surface area contributed by atoms with Gasteiger partial charge in [0, 0.05) is 13.1 Å². The van der Waals surface area contributed by atoms with Crippen LogP contribution in [0.5, 0.6) is 0 Å². The number of nitrogens with zero attached hydrogens (tertiary/aromatic N) is 2. The summed E-state index contributed by atoms with van der Waals surface area (Å²) in [6.07, 6.45) is 0. The minimum absolute atomic E-state index is 0.0546. The zero-order valence-electron chi connectivity index (χ0n) is 14.2. The fraction of sp³-hybridized carbons (Fsp3) is 0.300. The number of nitrogens with one attached hydrogen (secondary N) is 1. The second-order valence-corrected chi connectivity index (χ2v) is 5.61. The van der Waals surface area contributed by atoms with Gasteiger partial charge < -0.3 is 5.32 Å². The highest BCUT2D eigenvalue weighted by Crippen LogP contribution is 2.23. The largest absolute Gasteiger partial charge is 0.355 e. The second-order valence-electron chi connectivity index (χ2n) is 5.61. The van der Waals surface area contributed by atoms with Crippen molar-refractivity contribution in [3.8, 4) is 17.2 Å².